The summed E-state index contributed by atoms with van der Waals surface area (Å²) >= 11 is 0. The van der Waals surface area contributed by atoms with E-state index in [1.807, 2.05) is 55.5 Å². The minimum atomic E-state index is -0.278. The van der Waals surface area contributed by atoms with Crippen LogP contribution in [0.1, 0.15) is 5.56 Å². The number of Topliss-reactive ketones (excluding diaryl/α,β-unsaturated/α-hetero) is 1. The summed E-state index contributed by atoms with van der Waals surface area (Å²) in [7, 11) is 2.90. The van der Waals surface area contributed by atoms with Crippen molar-refractivity contribution in [3.8, 4) is 0 Å². The van der Waals surface area contributed by atoms with E-state index in [2.05, 4.69) is 9.98 Å². The van der Waals surface area contributed by atoms with Crippen LogP contribution in [0.15, 0.2) is 94.0 Å². The summed E-state index contributed by atoms with van der Waals surface area (Å²) in [5.74, 6) is 0.172. The van der Waals surface area contributed by atoms with E-state index in [-0.39, 0.29) is 17.3 Å². The molecule has 1 aromatic rings. The Morgan fingerprint density at radius 2 is 1.41 bits per heavy atom. The third kappa shape index (κ3) is 4.58. The monoisotopic (exact) mass is 360 g/mol. The van der Waals surface area contributed by atoms with Gasteiger partial charge in [-0.15, -0.1) is 0 Å². The lowest BCUT2D eigenvalue weighted by Gasteiger charge is -2.13. The van der Waals surface area contributed by atoms with E-state index >= 15 is 0 Å². The van der Waals surface area contributed by atoms with Gasteiger partial charge < -0.3 is 9.47 Å². The first kappa shape index (κ1) is 18.3. The highest BCUT2D eigenvalue weighted by Gasteiger charge is 2.21. The molecule has 0 heterocycles. The zero-order valence-electron chi connectivity index (χ0n) is 15.5. The van der Waals surface area contributed by atoms with Gasteiger partial charge in [0.25, 0.3) is 5.78 Å². The fraction of sp³-hybridized carbons (Fsp3) is 0.136. The van der Waals surface area contributed by atoms with Gasteiger partial charge in [-0.25, -0.2) is 4.99 Å². The lowest BCUT2D eigenvalue weighted by Crippen LogP contribution is -2.13. The summed E-state index contributed by atoms with van der Waals surface area (Å²) in [5.41, 5.74) is 4.47. The van der Waals surface area contributed by atoms with Gasteiger partial charge in [-0.3, -0.25) is 9.79 Å². The van der Waals surface area contributed by atoms with E-state index < -0.39 is 0 Å². The highest BCUT2D eigenvalue weighted by molar-refractivity contribution is 6.19. The first-order valence-corrected chi connectivity index (χ1v) is 8.44. The minimum absolute atomic E-state index is 0.225. The number of allylic oxidation sites excluding steroid dienone is 7. The SMILES string of the molecule is COC1=CC(=CN=C2C=CC(=Nc3ccc(C)cc3)C=C2)C=C(OC)C1=O. The molecule has 3 rings (SSSR count). The summed E-state index contributed by atoms with van der Waals surface area (Å²) in [6, 6.07) is 8.05. The van der Waals surface area contributed by atoms with Gasteiger partial charge in [0.15, 0.2) is 11.5 Å². The van der Waals surface area contributed by atoms with Crippen molar-refractivity contribution >= 4 is 22.9 Å². The fourth-order valence-electron chi connectivity index (χ4n) is 2.51. The molecule has 5 nitrogen and oxygen atoms in total. The normalized spacial score (nSPS) is 16.0. The minimum Gasteiger partial charge on any atom is -0.492 e. The second-order valence-corrected chi connectivity index (χ2v) is 5.98. The molecule has 136 valence electrons. The number of methoxy groups -OCH3 is 2. The molecule has 0 atom stereocenters. The maximum absolute atomic E-state index is 12.0. The van der Waals surface area contributed by atoms with Crippen molar-refractivity contribution in [3.63, 3.8) is 0 Å². The molecule has 0 bridgehead atoms. The topological polar surface area (TPSA) is 60.3 Å². The van der Waals surface area contributed by atoms with Crippen LogP contribution in [0.25, 0.3) is 0 Å². The first-order valence-electron chi connectivity index (χ1n) is 8.44. The maximum Gasteiger partial charge on any atom is 0.261 e. The Morgan fingerprint density at radius 1 is 0.852 bits per heavy atom. The van der Waals surface area contributed by atoms with Crippen LogP contribution in [0, 0.1) is 6.92 Å². The van der Waals surface area contributed by atoms with Gasteiger partial charge >= 0.3 is 0 Å². The number of nitrogens with zero attached hydrogens (tertiary/aromatic N) is 2. The van der Waals surface area contributed by atoms with E-state index in [1.165, 1.54) is 19.8 Å². The zero-order valence-corrected chi connectivity index (χ0v) is 15.5. The summed E-state index contributed by atoms with van der Waals surface area (Å²) in [6.07, 6.45) is 12.5. The Labute approximate surface area is 158 Å². The van der Waals surface area contributed by atoms with Crippen LogP contribution in [0.4, 0.5) is 5.69 Å². The van der Waals surface area contributed by atoms with Crippen LogP contribution in [-0.4, -0.2) is 31.4 Å². The number of aryl methyl sites for hydroxylation is 1. The maximum atomic E-state index is 12.0. The van der Waals surface area contributed by atoms with E-state index in [0.717, 1.165) is 22.7 Å². The second kappa shape index (κ2) is 8.27. The Morgan fingerprint density at radius 3 is 1.96 bits per heavy atom. The van der Waals surface area contributed by atoms with Crippen LogP contribution >= 0.6 is 0 Å². The number of hydrogen-bond donors (Lipinski definition) is 0. The van der Waals surface area contributed by atoms with Gasteiger partial charge in [-0.2, -0.15) is 0 Å². The van der Waals surface area contributed by atoms with Crippen molar-refractivity contribution in [3.05, 3.63) is 89.6 Å². The van der Waals surface area contributed by atoms with Gasteiger partial charge in [0, 0.05) is 11.8 Å². The fourth-order valence-corrected chi connectivity index (χ4v) is 2.51. The Kier molecular flexibility index (Phi) is 5.61. The smallest absolute Gasteiger partial charge is 0.261 e. The molecule has 2 aliphatic carbocycles. The Hall–Kier alpha value is -3.47. The van der Waals surface area contributed by atoms with Crippen LogP contribution in [-0.2, 0) is 14.3 Å². The summed E-state index contributed by atoms with van der Waals surface area (Å²) in [4.78, 5) is 21.0. The standard InChI is InChI=1S/C22H20N2O3/c1-15-4-6-18(7-5-15)24-19-10-8-17(9-11-19)23-14-16-12-20(26-2)22(25)21(13-16)27-3/h4-14H,1-3H3. The number of carbonyl (C=O) groups is 1. The summed E-state index contributed by atoms with van der Waals surface area (Å²) in [6.45, 7) is 2.05. The second-order valence-electron chi connectivity index (χ2n) is 5.98. The summed E-state index contributed by atoms with van der Waals surface area (Å²) in [5, 5.41) is 0. The number of benzene rings is 1. The summed E-state index contributed by atoms with van der Waals surface area (Å²) < 4.78 is 10.2. The molecule has 2 aliphatic rings. The molecule has 0 aliphatic heterocycles. The molecule has 0 unspecified atom stereocenters. The van der Waals surface area contributed by atoms with E-state index in [0.29, 0.717) is 0 Å². The number of hydrogen-bond acceptors (Lipinski definition) is 5. The van der Waals surface area contributed by atoms with E-state index in [4.69, 9.17) is 9.47 Å². The van der Waals surface area contributed by atoms with E-state index in [1.54, 1.807) is 18.4 Å². The first-order chi connectivity index (χ1) is 13.1. The molecular weight excluding hydrogens is 340 g/mol. The Balaban J connectivity index is 1.76. The average molecular weight is 360 g/mol. The molecule has 0 spiro atoms. The predicted octanol–water partition coefficient (Wildman–Crippen LogP) is 4.16. The van der Waals surface area contributed by atoms with Crippen LogP contribution in [0.5, 0.6) is 0 Å². The van der Waals surface area contributed by atoms with Crippen molar-refractivity contribution in [2.45, 2.75) is 6.92 Å². The van der Waals surface area contributed by atoms with Crippen LogP contribution < -0.4 is 0 Å². The quantitative estimate of drug-likeness (QED) is 0.758. The lowest BCUT2D eigenvalue weighted by molar-refractivity contribution is -0.117. The predicted molar refractivity (Wildman–Crippen MR) is 107 cm³/mol. The van der Waals surface area contributed by atoms with Crippen LogP contribution in [0.3, 0.4) is 0 Å². The van der Waals surface area contributed by atoms with Crippen molar-refractivity contribution in [2.24, 2.45) is 9.98 Å². The molecule has 1 aromatic carbocycles. The largest absolute Gasteiger partial charge is 0.492 e. The molecular formula is C22H20N2O3. The number of ether oxygens (including phenoxy) is 2. The molecule has 5 heteroatoms. The van der Waals surface area contributed by atoms with Crippen LogP contribution in [0.2, 0.25) is 0 Å². The third-order valence-corrected chi connectivity index (χ3v) is 3.99. The lowest BCUT2D eigenvalue weighted by atomic mass is 10.1. The number of aliphatic imine (C=N–C) groups is 2. The van der Waals surface area contributed by atoms with Crippen molar-refractivity contribution in [2.75, 3.05) is 14.2 Å². The molecule has 0 fully saturated rings. The number of ketones is 1. The molecule has 0 aromatic heterocycles. The van der Waals surface area contributed by atoms with Crippen molar-refractivity contribution in [1.29, 1.82) is 0 Å². The highest BCUT2D eigenvalue weighted by atomic mass is 16.5. The van der Waals surface area contributed by atoms with Gasteiger partial charge in [0.1, 0.15) is 0 Å². The molecule has 0 saturated heterocycles. The average Bonchev–Trinajstić information content (AvgIpc) is 2.70. The molecule has 27 heavy (non-hydrogen) atoms. The van der Waals surface area contributed by atoms with Gasteiger partial charge in [0.05, 0.1) is 31.3 Å². The zero-order chi connectivity index (χ0) is 19.2. The molecule has 0 radical (unpaired) electrons. The molecule has 0 saturated carbocycles. The number of rotatable bonds is 4. The van der Waals surface area contributed by atoms with E-state index in [9.17, 15) is 4.79 Å². The van der Waals surface area contributed by atoms with Gasteiger partial charge in [0.2, 0.25) is 0 Å². The number of carbonyl (C=O) groups excluding carboxylic acids is 1. The van der Waals surface area contributed by atoms with Crippen molar-refractivity contribution in [1.82, 2.24) is 0 Å². The van der Waals surface area contributed by atoms with Gasteiger partial charge in [-0.05, 0) is 55.5 Å². The molecule has 0 N–H and O–H groups in total. The Bertz CT molecular complexity index is 912. The van der Waals surface area contributed by atoms with Gasteiger partial charge in [-0.1, -0.05) is 17.7 Å². The highest BCUT2D eigenvalue weighted by Crippen LogP contribution is 2.20. The third-order valence-electron chi connectivity index (χ3n) is 3.99. The molecule has 0 amide bonds. The van der Waals surface area contributed by atoms with Crippen molar-refractivity contribution < 1.29 is 14.3 Å².